The van der Waals surface area contributed by atoms with Crippen LogP contribution < -0.4 is 10.2 Å². The quantitative estimate of drug-likeness (QED) is 0.506. The molecule has 1 aliphatic carbocycles. The molecule has 11 heteroatoms. The van der Waals surface area contributed by atoms with Crippen LogP contribution in [-0.2, 0) is 22.6 Å². The van der Waals surface area contributed by atoms with Gasteiger partial charge in [-0.3, -0.25) is 9.59 Å². The highest BCUT2D eigenvalue weighted by molar-refractivity contribution is 6.33. The van der Waals surface area contributed by atoms with Crippen molar-refractivity contribution in [3.63, 3.8) is 0 Å². The maximum Gasteiger partial charge on any atom is 0.333 e. The summed E-state index contributed by atoms with van der Waals surface area (Å²) in [6.07, 6.45) is 5.41. The number of hydrogen-bond acceptors (Lipinski definition) is 6. The Balaban J connectivity index is 1.47. The van der Waals surface area contributed by atoms with E-state index in [0.29, 0.717) is 17.5 Å². The average Bonchev–Trinajstić information content (AvgIpc) is 2.95. The fraction of sp³-hybridized carbons (Fsp3) is 0.516. The molecule has 4 amide bonds. The van der Waals surface area contributed by atoms with Crippen molar-refractivity contribution in [2.45, 2.75) is 57.3 Å². The highest BCUT2D eigenvalue weighted by Crippen LogP contribution is 2.33. The molecule has 42 heavy (non-hydrogen) atoms. The van der Waals surface area contributed by atoms with Crippen molar-refractivity contribution in [3.05, 3.63) is 58.6 Å². The molecule has 0 spiro atoms. The normalized spacial score (nSPS) is 21.9. The Morgan fingerprint density at radius 1 is 1.07 bits per heavy atom. The van der Waals surface area contributed by atoms with Gasteiger partial charge in [-0.15, -0.1) is 0 Å². The molecule has 0 bridgehead atoms. The predicted octanol–water partition coefficient (Wildman–Crippen LogP) is 3.67. The van der Waals surface area contributed by atoms with Gasteiger partial charge in [0.25, 0.3) is 0 Å². The summed E-state index contributed by atoms with van der Waals surface area (Å²) >= 11 is 6.55. The van der Waals surface area contributed by atoms with E-state index in [4.69, 9.17) is 11.6 Å². The van der Waals surface area contributed by atoms with Crippen LogP contribution in [0, 0.1) is 5.92 Å². The van der Waals surface area contributed by atoms with Gasteiger partial charge in [-0.1, -0.05) is 55.1 Å². The van der Waals surface area contributed by atoms with Crippen LogP contribution in [0.1, 0.15) is 43.2 Å². The Bertz CT molecular complexity index is 1300. The number of carbonyl (C=O) groups excluding carboxylic acids is 3. The number of hydrogen-bond donors (Lipinski definition) is 2. The van der Waals surface area contributed by atoms with Gasteiger partial charge in [-0.05, 0) is 48.1 Å². The molecule has 3 fully saturated rings. The lowest BCUT2D eigenvalue weighted by Gasteiger charge is -2.54. The molecule has 3 aliphatic rings. The molecule has 2 heterocycles. The first-order chi connectivity index (χ1) is 20.1. The van der Waals surface area contributed by atoms with Gasteiger partial charge >= 0.3 is 6.03 Å². The number of benzene rings is 2. The highest BCUT2D eigenvalue weighted by atomic mass is 35.5. The van der Waals surface area contributed by atoms with Crippen LogP contribution in [0.3, 0.4) is 0 Å². The zero-order valence-electron chi connectivity index (χ0n) is 24.6. The van der Waals surface area contributed by atoms with Crippen molar-refractivity contribution >= 4 is 35.1 Å². The van der Waals surface area contributed by atoms with Crippen molar-refractivity contribution in [3.8, 4) is 5.75 Å². The lowest BCUT2D eigenvalue weighted by atomic mass is 9.89. The topological polar surface area (TPSA) is 99.7 Å². The zero-order chi connectivity index (χ0) is 30.0. The largest absolute Gasteiger partial charge is 0.508 e. The summed E-state index contributed by atoms with van der Waals surface area (Å²) in [5.41, 5.74) is 2.51. The van der Waals surface area contributed by atoms with Gasteiger partial charge in [0.2, 0.25) is 11.8 Å². The molecule has 1 unspecified atom stereocenters. The van der Waals surface area contributed by atoms with E-state index in [1.165, 1.54) is 19.3 Å². The summed E-state index contributed by atoms with van der Waals surface area (Å²) in [7, 11) is 5.56. The summed E-state index contributed by atoms with van der Waals surface area (Å²) in [6.45, 7) is 1.03. The van der Waals surface area contributed by atoms with Crippen molar-refractivity contribution in [1.29, 1.82) is 0 Å². The van der Waals surface area contributed by atoms with Crippen LogP contribution in [-0.4, -0.2) is 95.8 Å². The second-order valence-corrected chi connectivity index (χ2v) is 12.3. The molecular formula is C31H41ClN6O4. The number of anilines is 1. The summed E-state index contributed by atoms with van der Waals surface area (Å²) in [6, 6.07) is 11.2. The Labute approximate surface area is 252 Å². The second kappa shape index (κ2) is 12.8. The van der Waals surface area contributed by atoms with Crippen LogP contribution in [0.2, 0.25) is 5.02 Å². The van der Waals surface area contributed by atoms with Crippen molar-refractivity contribution in [2.75, 3.05) is 45.7 Å². The van der Waals surface area contributed by atoms with Crippen LogP contribution in [0.4, 0.5) is 10.5 Å². The number of carbonyl (C=O) groups is 3. The first kappa shape index (κ1) is 30.0. The van der Waals surface area contributed by atoms with Crippen molar-refractivity contribution < 1.29 is 19.5 Å². The molecule has 10 nitrogen and oxygen atoms in total. The van der Waals surface area contributed by atoms with Crippen LogP contribution in [0.5, 0.6) is 5.75 Å². The van der Waals surface area contributed by atoms with Crippen LogP contribution in [0.15, 0.2) is 42.5 Å². The van der Waals surface area contributed by atoms with E-state index in [9.17, 15) is 19.5 Å². The summed E-state index contributed by atoms with van der Waals surface area (Å²) in [4.78, 5) is 46.7. The van der Waals surface area contributed by atoms with E-state index < -0.39 is 12.2 Å². The number of urea groups is 1. The standard InChI is InChI=1S/C31H41ClN6O4/c1-34(2)29-23(10-7-11-25(29)32)18-36-19-27-37(26(30(36)41)16-21-12-14-24(39)15-13-21)28(40)20-35(3)38(27)31(42)33-17-22-8-5-4-6-9-22/h7,10-15,22,26-27,39H,4-6,8-9,16-20H2,1-3H3,(H,33,42)/t26-,27?/m0/s1. The Kier molecular flexibility index (Phi) is 9.13. The molecule has 2 atom stereocenters. The van der Waals surface area contributed by atoms with E-state index >= 15 is 0 Å². The van der Waals surface area contributed by atoms with Crippen molar-refractivity contribution in [2.24, 2.45) is 5.92 Å². The summed E-state index contributed by atoms with van der Waals surface area (Å²) < 4.78 is 0. The third kappa shape index (κ3) is 6.29. The van der Waals surface area contributed by atoms with Gasteiger partial charge in [-0.25, -0.2) is 14.8 Å². The smallest absolute Gasteiger partial charge is 0.333 e. The predicted molar refractivity (Wildman–Crippen MR) is 162 cm³/mol. The summed E-state index contributed by atoms with van der Waals surface area (Å²) in [5, 5.41) is 16.8. The molecule has 2 aromatic rings. The van der Waals surface area contributed by atoms with Gasteiger partial charge in [0.05, 0.1) is 23.8 Å². The number of phenols is 1. The van der Waals surface area contributed by atoms with Gasteiger partial charge < -0.3 is 25.1 Å². The van der Waals surface area contributed by atoms with E-state index in [0.717, 1.165) is 29.7 Å². The minimum Gasteiger partial charge on any atom is -0.508 e. The maximum absolute atomic E-state index is 14.2. The fourth-order valence-corrected chi connectivity index (χ4v) is 6.96. The lowest BCUT2D eigenvalue weighted by Crippen LogP contribution is -2.76. The molecule has 2 N–H and O–H groups in total. The first-order valence-corrected chi connectivity index (χ1v) is 15.1. The molecular weight excluding hydrogens is 556 g/mol. The molecule has 2 saturated heterocycles. The number of likely N-dealkylation sites (N-methyl/N-ethyl adjacent to an activating group) is 1. The SMILES string of the molecule is CN(C)c1c(Cl)cccc1CN1CC2N(C(=O)CN(C)N2C(=O)NCC2CCCCC2)[C@@H](Cc2ccc(O)cc2)C1=O. The maximum atomic E-state index is 14.2. The number of nitrogens with zero attached hydrogens (tertiary/aromatic N) is 5. The van der Waals surface area contributed by atoms with Gasteiger partial charge in [-0.2, -0.15) is 0 Å². The number of amides is 4. The van der Waals surface area contributed by atoms with E-state index in [2.05, 4.69) is 5.32 Å². The molecule has 5 rings (SSSR count). The van der Waals surface area contributed by atoms with E-state index in [1.54, 1.807) is 51.1 Å². The van der Waals surface area contributed by atoms with Gasteiger partial charge in [0.1, 0.15) is 18.0 Å². The number of halogens is 1. The fourth-order valence-electron chi connectivity index (χ4n) is 6.60. The van der Waals surface area contributed by atoms with Crippen LogP contribution >= 0.6 is 11.6 Å². The number of para-hydroxylation sites is 1. The Hall–Kier alpha value is -3.50. The molecule has 2 aliphatic heterocycles. The molecule has 0 aromatic heterocycles. The lowest BCUT2D eigenvalue weighted by molar-refractivity contribution is -0.187. The van der Waals surface area contributed by atoms with E-state index in [1.807, 2.05) is 37.2 Å². The summed E-state index contributed by atoms with van der Waals surface area (Å²) in [5.74, 6) is 0.188. The minimum absolute atomic E-state index is 0.00816. The Morgan fingerprint density at radius 2 is 1.79 bits per heavy atom. The van der Waals surface area contributed by atoms with Crippen molar-refractivity contribution in [1.82, 2.24) is 25.1 Å². The second-order valence-electron chi connectivity index (χ2n) is 11.9. The molecule has 226 valence electrons. The highest BCUT2D eigenvalue weighted by Gasteiger charge is 2.50. The number of aromatic hydroxyl groups is 1. The number of nitrogens with one attached hydrogen (secondary N) is 1. The monoisotopic (exact) mass is 596 g/mol. The average molecular weight is 597 g/mol. The first-order valence-electron chi connectivity index (χ1n) is 14.7. The number of fused-ring (bicyclic) bond motifs is 1. The number of rotatable bonds is 7. The van der Waals surface area contributed by atoms with Crippen LogP contribution in [0.25, 0.3) is 0 Å². The van der Waals surface area contributed by atoms with E-state index in [-0.39, 0.29) is 49.7 Å². The molecule has 1 saturated carbocycles. The Morgan fingerprint density at radius 3 is 2.48 bits per heavy atom. The zero-order valence-corrected chi connectivity index (χ0v) is 25.4. The third-order valence-corrected chi connectivity index (χ3v) is 8.96. The number of hydrazine groups is 1. The molecule has 0 radical (unpaired) electrons. The molecule has 2 aromatic carbocycles. The number of phenolic OH excluding ortho intramolecular Hbond substituents is 1. The van der Waals surface area contributed by atoms with Gasteiger partial charge in [0.15, 0.2) is 0 Å². The number of piperazine rings is 1. The van der Waals surface area contributed by atoms with Gasteiger partial charge in [0, 0.05) is 40.7 Å². The third-order valence-electron chi connectivity index (χ3n) is 8.66. The minimum atomic E-state index is -0.815.